The Balaban J connectivity index is 1.66. The predicted molar refractivity (Wildman–Crippen MR) is 92.8 cm³/mol. The fourth-order valence-electron chi connectivity index (χ4n) is 2.27. The van der Waals surface area contributed by atoms with E-state index in [0.29, 0.717) is 28.9 Å². The molecule has 1 N–H and O–H groups in total. The summed E-state index contributed by atoms with van der Waals surface area (Å²) in [5.41, 5.74) is 2.04. The Morgan fingerprint density at radius 2 is 1.83 bits per heavy atom. The first-order chi connectivity index (χ1) is 11.6. The Morgan fingerprint density at radius 3 is 2.50 bits per heavy atom. The van der Waals surface area contributed by atoms with Crippen LogP contribution >= 0.6 is 15.9 Å². The van der Waals surface area contributed by atoms with Crippen LogP contribution in [0.3, 0.4) is 0 Å². The molecule has 24 heavy (non-hydrogen) atoms. The van der Waals surface area contributed by atoms with Crippen LogP contribution in [0.5, 0.6) is 0 Å². The minimum Gasteiger partial charge on any atom is -0.318 e. The van der Waals surface area contributed by atoms with E-state index in [9.17, 15) is 4.79 Å². The van der Waals surface area contributed by atoms with E-state index in [-0.39, 0.29) is 5.91 Å². The number of carbonyl (C=O) groups excluding carboxylic acids is 1. The summed E-state index contributed by atoms with van der Waals surface area (Å²) in [6, 6.07) is 0. The molecule has 9 heteroatoms. The number of nitrogens with zero attached hydrogens (tertiary/aromatic N) is 6. The maximum absolute atomic E-state index is 12.3. The van der Waals surface area contributed by atoms with E-state index in [2.05, 4.69) is 36.5 Å². The number of anilines is 1. The summed E-state index contributed by atoms with van der Waals surface area (Å²) in [5.74, 6) is -0.271. The highest BCUT2D eigenvalue weighted by Gasteiger charge is 2.15. The average Bonchev–Trinajstić information content (AvgIpc) is 3.28. The number of hydrogen-bond acceptors (Lipinski definition) is 4. The van der Waals surface area contributed by atoms with Crippen LogP contribution < -0.4 is 5.32 Å². The minimum atomic E-state index is -0.271. The molecule has 3 heterocycles. The molecule has 0 saturated heterocycles. The lowest BCUT2D eigenvalue weighted by molar-refractivity contribution is 0.102. The summed E-state index contributed by atoms with van der Waals surface area (Å²) < 4.78 is 5.99. The summed E-state index contributed by atoms with van der Waals surface area (Å²) in [4.78, 5) is 12.3. The quantitative estimate of drug-likeness (QED) is 0.698. The number of nitrogens with one attached hydrogen (secondary N) is 1. The topological polar surface area (TPSA) is 82.6 Å². The van der Waals surface area contributed by atoms with Crippen molar-refractivity contribution in [1.82, 2.24) is 29.3 Å². The first-order valence-electron chi connectivity index (χ1n) is 7.67. The molecule has 0 aliphatic rings. The maximum atomic E-state index is 12.3. The van der Waals surface area contributed by atoms with Gasteiger partial charge in [0.05, 0.1) is 29.1 Å². The fourth-order valence-corrected chi connectivity index (χ4v) is 2.76. The van der Waals surface area contributed by atoms with E-state index in [1.165, 1.54) is 0 Å². The van der Waals surface area contributed by atoms with E-state index < -0.39 is 0 Å². The van der Waals surface area contributed by atoms with Gasteiger partial charge in [-0.15, -0.1) is 0 Å². The van der Waals surface area contributed by atoms with Gasteiger partial charge >= 0.3 is 0 Å². The van der Waals surface area contributed by atoms with Gasteiger partial charge < -0.3 is 5.32 Å². The zero-order valence-electron chi connectivity index (χ0n) is 13.5. The van der Waals surface area contributed by atoms with Crippen molar-refractivity contribution >= 4 is 27.5 Å². The molecular formula is C15H18BrN7O. The molecule has 0 radical (unpaired) electrons. The first-order valence-corrected chi connectivity index (χ1v) is 8.46. The SMILES string of the molecule is CCn1cc(Cn2cc(NC(=O)c3nn(CC)cc3Br)cn2)cn1. The lowest BCUT2D eigenvalue weighted by atomic mass is 10.3. The second kappa shape index (κ2) is 7.00. The van der Waals surface area contributed by atoms with Crippen molar-refractivity contribution in [2.75, 3.05) is 5.32 Å². The van der Waals surface area contributed by atoms with Gasteiger partial charge in [0.25, 0.3) is 5.91 Å². The van der Waals surface area contributed by atoms with E-state index in [1.807, 2.05) is 30.9 Å². The van der Waals surface area contributed by atoms with Gasteiger partial charge in [-0.05, 0) is 29.8 Å². The fraction of sp³-hybridized carbons (Fsp3) is 0.333. The van der Waals surface area contributed by atoms with E-state index in [0.717, 1.165) is 12.1 Å². The summed E-state index contributed by atoms with van der Waals surface area (Å²) in [7, 11) is 0. The van der Waals surface area contributed by atoms with Crippen molar-refractivity contribution < 1.29 is 4.79 Å². The molecule has 3 aromatic rings. The molecule has 126 valence electrons. The van der Waals surface area contributed by atoms with Crippen molar-refractivity contribution in [3.63, 3.8) is 0 Å². The Bertz CT molecular complexity index is 848. The van der Waals surface area contributed by atoms with E-state index in [4.69, 9.17) is 0 Å². The average molecular weight is 392 g/mol. The van der Waals surface area contributed by atoms with Gasteiger partial charge in [0.2, 0.25) is 0 Å². The van der Waals surface area contributed by atoms with Crippen LogP contribution in [-0.2, 0) is 19.6 Å². The Labute approximate surface area is 147 Å². The molecular weight excluding hydrogens is 374 g/mol. The lowest BCUT2D eigenvalue weighted by Gasteiger charge is -2.00. The third-order valence-electron chi connectivity index (χ3n) is 3.50. The summed E-state index contributed by atoms with van der Waals surface area (Å²) in [5, 5.41) is 15.5. The van der Waals surface area contributed by atoms with Crippen molar-refractivity contribution in [3.8, 4) is 0 Å². The minimum absolute atomic E-state index is 0.271. The van der Waals surface area contributed by atoms with Crippen molar-refractivity contribution in [2.45, 2.75) is 33.5 Å². The third-order valence-corrected chi connectivity index (χ3v) is 4.08. The number of rotatable bonds is 6. The molecule has 0 saturated carbocycles. The maximum Gasteiger partial charge on any atom is 0.277 e. The highest BCUT2D eigenvalue weighted by atomic mass is 79.9. The highest BCUT2D eigenvalue weighted by molar-refractivity contribution is 9.10. The van der Waals surface area contributed by atoms with E-state index >= 15 is 0 Å². The van der Waals surface area contributed by atoms with Crippen LogP contribution in [-0.4, -0.2) is 35.2 Å². The first kappa shape index (κ1) is 16.4. The Morgan fingerprint density at radius 1 is 1.08 bits per heavy atom. The molecule has 0 aliphatic heterocycles. The molecule has 0 fully saturated rings. The smallest absolute Gasteiger partial charge is 0.277 e. The molecule has 3 aromatic heterocycles. The van der Waals surface area contributed by atoms with Crippen molar-refractivity contribution in [1.29, 1.82) is 0 Å². The number of amides is 1. The molecule has 8 nitrogen and oxygen atoms in total. The van der Waals surface area contributed by atoms with Gasteiger partial charge in [0, 0.05) is 37.2 Å². The number of hydrogen-bond donors (Lipinski definition) is 1. The van der Waals surface area contributed by atoms with Gasteiger partial charge in [0.1, 0.15) is 0 Å². The molecule has 1 amide bonds. The number of aromatic nitrogens is 6. The highest BCUT2D eigenvalue weighted by Crippen LogP contribution is 2.17. The summed E-state index contributed by atoms with van der Waals surface area (Å²) in [6.45, 7) is 6.14. The lowest BCUT2D eigenvalue weighted by Crippen LogP contribution is -2.13. The standard InChI is InChI=1S/C15H18BrN7O/c1-3-21-7-11(5-17-21)8-23-9-12(6-18-23)19-15(24)14-13(16)10-22(4-2)20-14/h5-7,9-10H,3-4,8H2,1-2H3,(H,19,24). The normalized spacial score (nSPS) is 11.0. The van der Waals surface area contributed by atoms with Crippen LogP contribution in [0.25, 0.3) is 0 Å². The van der Waals surface area contributed by atoms with Crippen molar-refractivity contribution in [2.24, 2.45) is 0 Å². The van der Waals surface area contributed by atoms with Crippen LogP contribution in [0.4, 0.5) is 5.69 Å². The van der Waals surface area contributed by atoms with E-state index in [1.54, 1.807) is 28.0 Å². The zero-order chi connectivity index (χ0) is 17.1. The number of carbonyl (C=O) groups is 1. The molecule has 0 spiro atoms. The molecule has 0 unspecified atom stereocenters. The van der Waals surface area contributed by atoms with Gasteiger partial charge in [-0.2, -0.15) is 15.3 Å². The van der Waals surface area contributed by atoms with Crippen LogP contribution in [0.15, 0.2) is 35.5 Å². The predicted octanol–water partition coefficient (Wildman–Crippen LogP) is 2.38. The third kappa shape index (κ3) is 3.56. The Hall–Kier alpha value is -2.42. The molecule has 0 aliphatic carbocycles. The molecule has 0 aromatic carbocycles. The van der Waals surface area contributed by atoms with Crippen LogP contribution in [0.2, 0.25) is 0 Å². The summed E-state index contributed by atoms with van der Waals surface area (Å²) >= 11 is 3.36. The molecule has 0 bridgehead atoms. The number of aryl methyl sites for hydroxylation is 2. The zero-order valence-corrected chi connectivity index (χ0v) is 15.1. The summed E-state index contributed by atoms with van der Waals surface area (Å²) in [6.07, 6.45) is 8.98. The second-order valence-electron chi connectivity index (χ2n) is 5.27. The van der Waals surface area contributed by atoms with Gasteiger partial charge in [-0.25, -0.2) is 0 Å². The Kier molecular flexibility index (Phi) is 4.79. The van der Waals surface area contributed by atoms with Gasteiger partial charge in [0.15, 0.2) is 5.69 Å². The number of halogens is 1. The monoisotopic (exact) mass is 391 g/mol. The van der Waals surface area contributed by atoms with Crippen LogP contribution in [0.1, 0.15) is 29.9 Å². The largest absolute Gasteiger partial charge is 0.318 e. The van der Waals surface area contributed by atoms with Crippen molar-refractivity contribution in [3.05, 3.63) is 46.7 Å². The molecule has 0 atom stereocenters. The second-order valence-corrected chi connectivity index (χ2v) is 6.12. The van der Waals surface area contributed by atoms with Gasteiger partial charge in [-0.3, -0.25) is 18.8 Å². The molecule has 3 rings (SSSR count). The van der Waals surface area contributed by atoms with Crippen LogP contribution in [0, 0.1) is 0 Å². The van der Waals surface area contributed by atoms with Gasteiger partial charge in [-0.1, -0.05) is 0 Å².